The lowest BCUT2D eigenvalue weighted by molar-refractivity contribution is 0.0598. The number of rotatable bonds is 6. The second-order valence-electron chi connectivity index (χ2n) is 6.38. The molecule has 1 aromatic carbocycles. The van der Waals surface area contributed by atoms with Crippen LogP contribution < -0.4 is 11.1 Å². The lowest BCUT2D eigenvalue weighted by Crippen LogP contribution is -2.22. The summed E-state index contributed by atoms with van der Waals surface area (Å²) in [5.41, 5.74) is 10.3. The van der Waals surface area contributed by atoms with Gasteiger partial charge in [-0.15, -0.1) is 0 Å². The fourth-order valence-electron chi connectivity index (χ4n) is 2.73. The molecule has 26 heavy (non-hydrogen) atoms. The van der Waals surface area contributed by atoms with E-state index in [0.29, 0.717) is 24.0 Å². The molecule has 1 heterocycles. The van der Waals surface area contributed by atoms with E-state index in [1.54, 1.807) is 12.1 Å². The van der Waals surface area contributed by atoms with Crippen molar-refractivity contribution in [1.82, 2.24) is 4.98 Å². The number of ether oxygens (including phenoxy) is 1. The van der Waals surface area contributed by atoms with Gasteiger partial charge in [0, 0.05) is 11.6 Å². The summed E-state index contributed by atoms with van der Waals surface area (Å²) in [5, 5.41) is 3.08. The number of nitrogens with zero attached hydrogens (tertiary/aromatic N) is 2. The van der Waals surface area contributed by atoms with E-state index in [-0.39, 0.29) is 5.97 Å². The minimum absolute atomic E-state index is 0.334. The van der Waals surface area contributed by atoms with Gasteiger partial charge in [0.05, 0.1) is 30.6 Å². The molecule has 6 nitrogen and oxygen atoms in total. The Morgan fingerprint density at radius 3 is 2.62 bits per heavy atom. The Kier molecular flexibility index (Phi) is 5.51. The Balaban J connectivity index is 1.68. The van der Waals surface area contributed by atoms with E-state index in [0.717, 1.165) is 36.3 Å². The van der Waals surface area contributed by atoms with Crippen LogP contribution in [0.2, 0.25) is 0 Å². The number of hydrogen-bond donors (Lipinski definition) is 2. The Morgan fingerprint density at radius 1 is 1.27 bits per heavy atom. The number of nitrogens with one attached hydrogen (secondary N) is 1. The number of aryl methyl sites for hydroxylation is 1. The largest absolute Gasteiger partial charge is 0.465 e. The molecule has 0 bridgehead atoms. The highest BCUT2D eigenvalue weighted by molar-refractivity contribution is 5.92. The molecular formula is C20H24N4O2. The quantitative estimate of drug-likeness (QED) is 0.473. The van der Waals surface area contributed by atoms with Crippen LogP contribution in [0.3, 0.4) is 0 Å². The summed E-state index contributed by atoms with van der Waals surface area (Å²) in [5.74, 6) is 0.341. The number of methoxy groups -OCH3 is 1. The second-order valence-corrected chi connectivity index (χ2v) is 6.38. The van der Waals surface area contributed by atoms with Crippen molar-refractivity contribution in [2.45, 2.75) is 38.6 Å². The van der Waals surface area contributed by atoms with Crippen LogP contribution in [0.5, 0.6) is 0 Å². The number of esters is 1. The molecule has 1 saturated carbocycles. The Labute approximate surface area is 153 Å². The smallest absolute Gasteiger partial charge is 0.339 e. The van der Waals surface area contributed by atoms with E-state index < -0.39 is 0 Å². The van der Waals surface area contributed by atoms with Gasteiger partial charge in [0.25, 0.3) is 0 Å². The average Bonchev–Trinajstić information content (AvgIpc) is 3.51. The van der Waals surface area contributed by atoms with E-state index in [1.165, 1.54) is 12.7 Å². The van der Waals surface area contributed by atoms with Gasteiger partial charge in [0.1, 0.15) is 0 Å². The van der Waals surface area contributed by atoms with Crippen molar-refractivity contribution < 1.29 is 9.53 Å². The van der Waals surface area contributed by atoms with E-state index in [1.807, 2.05) is 12.1 Å². The zero-order chi connectivity index (χ0) is 18.5. The minimum Gasteiger partial charge on any atom is -0.465 e. The zero-order valence-electron chi connectivity index (χ0n) is 15.2. The van der Waals surface area contributed by atoms with Gasteiger partial charge >= 0.3 is 5.97 Å². The lowest BCUT2D eigenvalue weighted by atomic mass is 10.1. The number of benzene rings is 1. The fourth-order valence-corrected chi connectivity index (χ4v) is 2.73. The number of aromatic nitrogens is 1. The molecule has 1 aliphatic carbocycles. The van der Waals surface area contributed by atoms with Crippen molar-refractivity contribution in [2.24, 2.45) is 10.7 Å². The molecule has 136 valence electrons. The van der Waals surface area contributed by atoms with Crippen LogP contribution in [0, 0.1) is 0 Å². The van der Waals surface area contributed by atoms with Crippen molar-refractivity contribution >= 4 is 17.6 Å². The number of hydrogen-bond acceptors (Lipinski definition) is 4. The molecule has 0 unspecified atom stereocenters. The van der Waals surface area contributed by atoms with Crippen LogP contribution in [0.1, 0.15) is 53.0 Å². The van der Waals surface area contributed by atoms with E-state index in [4.69, 9.17) is 10.5 Å². The summed E-state index contributed by atoms with van der Waals surface area (Å²) in [6.07, 6.45) is 3.11. The van der Waals surface area contributed by atoms with E-state index in [9.17, 15) is 4.79 Å². The van der Waals surface area contributed by atoms with Gasteiger partial charge < -0.3 is 15.8 Å². The average molecular weight is 352 g/mol. The summed E-state index contributed by atoms with van der Waals surface area (Å²) >= 11 is 0. The summed E-state index contributed by atoms with van der Waals surface area (Å²) in [4.78, 5) is 20.8. The number of carbonyl (C=O) groups is 1. The Morgan fingerprint density at radius 2 is 2.00 bits per heavy atom. The number of aliphatic imine (C=N–C) groups is 1. The Hall–Kier alpha value is -2.89. The molecule has 1 fully saturated rings. The van der Waals surface area contributed by atoms with Gasteiger partial charge in [0.15, 0.2) is 5.96 Å². The molecule has 1 aromatic heterocycles. The van der Waals surface area contributed by atoms with Crippen molar-refractivity contribution in [1.29, 1.82) is 0 Å². The third kappa shape index (κ3) is 4.39. The van der Waals surface area contributed by atoms with Gasteiger partial charge in [0.2, 0.25) is 0 Å². The first-order chi connectivity index (χ1) is 12.6. The highest BCUT2D eigenvalue weighted by Crippen LogP contribution is 2.40. The van der Waals surface area contributed by atoms with Crippen molar-refractivity contribution in [3.8, 4) is 0 Å². The minimum atomic E-state index is -0.342. The third-order valence-corrected chi connectivity index (χ3v) is 4.40. The van der Waals surface area contributed by atoms with Crippen LogP contribution in [0.15, 0.2) is 41.4 Å². The molecule has 3 rings (SSSR count). The SMILES string of the molecule is CCc1ccc(NC(N)=NCc2ccc(C(=O)OC)c(C3CC3)n2)cc1. The Bertz CT molecular complexity index is 811. The molecule has 3 N–H and O–H groups in total. The van der Waals surface area contributed by atoms with Crippen LogP contribution in [-0.2, 0) is 17.7 Å². The molecule has 0 saturated heterocycles. The predicted octanol–water partition coefficient (Wildman–Crippen LogP) is 3.23. The monoisotopic (exact) mass is 352 g/mol. The summed E-state index contributed by atoms with van der Waals surface area (Å²) < 4.78 is 4.84. The van der Waals surface area contributed by atoms with Crippen molar-refractivity contribution in [3.05, 3.63) is 58.9 Å². The highest BCUT2D eigenvalue weighted by Gasteiger charge is 2.30. The first-order valence-electron chi connectivity index (χ1n) is 8.84. The van der Waals surface area contributed by atoms with Crippen LogP contribution in [0.4, 0.5) is 5.69 Å². The molecule has 0 amide bonds. The van der Waals surface area contributed by atoms with E-state index >= 15 is 0 Å². The topological polar surface area (TPSA) is 89.6 Å². The second kappa shape index (κ2) is 7.99. The zero-order valence-corrected chi connectivity index (χ0v) is 15.2. The van der Waals surface area contributed by atoms with Gasteiger partial charge in [-0.1, -0.05) is 19.1 Å². The predicted molar refractivity (Wildman–Crippen MR) is 102 cm³/mol. The van der Waals surface area contributed by atoms with Crippen molar-refractivity contribution in [3.63, 3.8) is 0 Å². The van der Waals surface area contributed by atoms with Crippen LogP contribution in [0.25, 0.3) is 0 Å². The molecule has 6 heteroatoms. The molecule has 2 aromatic rings. The molecule has 0 atom stereocenters. The number of anilines is 1. The maximum atomic E-state index is 11.9. The van der Waals surface area contributed by atoms with Crippen molar-refractivity contribution in [2.75, 3.05) is 12.4 Å². The number of pyridine rings is 1. The van der Waals surface area contributed by atoms with Gasteiger partial charge in [-0.25, -0.2) is 9.79 Å². The first kappa shape index (κ1) is 17.9. The summed E-state index contributed by atoms with van der Waals surface area (Å²) in [6, 6.07) is 11.6. The van der Waals surface area contributed by atoms with Crippen LogP contribution >= 0.6 is 0 Å². The molecule has 0 radical (unpaired) electrons. The molecule has 0 spiro atoms. The number of nitrogens with two attached hydrogens (primary N) is 1. The maximum absolute atomic E-state index is 11.9. The van der Waals surface area contributed by atoms with Gasteiger partial charge in [-0.2, -0.15) is 0 Å². The summed E-state index contributed by atoms with van der Waals surface area (Å²) in [7, 11) is 1.39. The first-order valence-corrected chi connectivity index (χ1v) is 8.84. The number of carbonyl (C=O) groups excluding carboxylic acids is 1. The highest BCUT2D eigenvalue weighted by atomic mass is 16.5. The van der Waals surface area contributed by atoms with Gasteiger partial charge in [-0.3, -0.25) is 4.98 Å². The maximum Gasteiger partial charge on any atom is 0.339 e. The van der Waals surface area contributed by atoms with Crippen LogP contribution in [-0.4, -0.2) is 24.0 Å². The summed E-state index contributed by atoms with van der Waals surface area (Å²) in [6.45, 7) is 2.47. The van der Waals surface area contributed by atoms with Gasteiger partial charge in [-0.05, 0) is 49.1 Å². The van der Waals surface area contributed by atoms with E-state index in [2.05, 4.69) is 34.3 Å². The molecular weight excluding hydrogens is 328 g/mol. The molecule has 1 aliphatic rings. The third-order valence-electron chi connectivity index (χ3n) is 4.40. The normalized spacial score (nSPS) is 14.2. The fraction of sp³-hybridized carbons (Fsp3) is 0.350. The standard InChI is InChI=1S/C20H24N4O2/c1-3-13-4-8-15(9-5-13)24-20(21)22-12-16-10-11-17(19(25)26-2)18(23-16)14-6-7-14/h4-5,8-11,14H,3,6-7,12H2,1-2H3,(H3,21,22,24). The number of guanidine groups is 1. The molecule has 0 aliphatic heterocycles. The lowest BCUT2D eigenvalue weighted by Gasteiger charge is -2.09.